The molecule has 0 bridgehead atoms. The normalized spacial score (nSPS) is 7.57. The first-order valence-electron chi connectivity index (χ1n) is 2.45. The Labute approximate surface area is 45.5 Å². The van der Waals surface area contributed by atoms with E-state index >= 15 is 0 Å². The fourth-order valence-electron chi connectivity index (χ4n) is 0.372. The van der Waals surface area contributed by atoms with Crippen LogP contribution in [0.25, 0.3) is 0 Å². The molecule has 0 aliphatic rings. The van der Waals surface area contributed by atoms with E-state index in [1.54, 1.807) is 0 Å². The van der Waals surface area contributed by atoms with Gasteiger partial charge in [-0.3, -0.25) is 0 Å². The zero-order chi connectivity index (χ0) is 5.70. The van der Waals surface area contributed by atoms with Crippen LogP contribution >= 0.6 is 0 Å². The highest BCUT2D eigenvalue weighted by molar-refractivity contribution is 5.17. The second-order valence-electron chi connectivity index (χ2n) is 1.34. The van der Waals surface area contributed by atoms with Crippen LogP contribution in [0.1, 0.15) is 13.3 Å². The molecule has 0 N–H and O–H groups in total. The van der Waals surface area contributed by atoms with Crippen molar-refractivity contribution >= 4 is 0 Å². The van der Waals surface area contributed by atoms with Gasteiger partial charge in [0, 0.05) is 0 Å². The monoisotopic (exact) mass is 95.1 g/mol. The molecule has 0 aliphatic carbocycles. The van der Waals surface area contributed by atoms with Crippen LogP contribution in [0.3, 0.4) is 0 Å². The molecular formula is C7H11-. The fourth-order valence-corrected chi connectivity index (χ4v) is 0.372. The molecule has 0 aromatic carbocycles. The van der Waals surface area contributed by atoms with Crippen molar-refractivity contribution in [3.8, 4) is 0 Å². The Kier molecular flexibility index (Phi) is 3.21. The topological polar surface area (TPSA) is 0 Å². The summed E-state index contributed by atoms with van der Waals surface area (Å²) in [5, 5.41) is 0. The van der Waals surface area contributed by atoms with Crippen molar-refractivity contribution in [1.29, 1.82) is 0 Å². The second-order valence-corrected chi connectivity index (χ2v) is 1.34. The summed E-state index contributed by atoms with van der Waals surface area (Å²) < 4.78 is 0. The summed E-state index contributed by atoms with van der Waals surface area (Å²) in [4.78, 5) is 0. The zero-order valence-corrected chi connectivity index (χ0v) is 4.78. The van der Waals surface area contributed by atoms with E-state index in [2.05, 4.69) is 20.1 Å². The largest absolute Gasteiger partial charge is 0.194 e. The van der Waals surface area contributed by atoms with Crippen LogP contribution in [0.5, 0.6) is 0 Å². The van der Waals surface area contributed by atoms with E-state index in [9.17, 15) is 0 Å². The molecule has 0 fully saturated rings. The molecular weight excluding hydrogens is 84.1 g/mol. The van der Waals surface area contributed by atoms with Gasteiger partial charge in [0.15, 0.2) is 0 Å². The number of hydrogen-bond donors (Lipinski definition) is 0. The Morgan fingerprint density at radius 2 is 1.86 bits per heavy atom. The van der Waals surface area contributed by atoms with E-state index in [0.29, 0.717) is 0 Å². The van der Waals surface area contributed by atoms with Crippen LogP contribution in [0, 0.1) is 5.92 Å². The average molecular weight is 95.2 g/mol. The molecule has 0 aromatic heterocycles. The van der Waals surface area contributed by atoms with Gasteiger partial charge in [-0.2, -0.15) is 31.2 Å². The maximum atomic E-state index is 3.59. The highest BCUT2D eigenvalue weighted by Gasteiger charge is 1.78. The van der Waals surface area contributed by atoms with Crippen molar-refractivity contribution in [3.63, 3.8) is 0 Å². The minimum absolute atomic E-state index is 1.03. The first-order chi connectivity index (χ1) is 3.35. The molecule has 0 aliphatic heterocycles. The van der Waals surface area contributed by atoms with Gasteiger partial charge in [0.05, 0.1) is 0 Å². The first-order valence-corrected chi connectivity index (χ1v) is 2.45. The summed E-state index contributed by atoms with van der Waals surface area (Å²) in [5.74, 6) is 1.21. The summed E-state index contributed by atoms with van der Waals surface area (Å²) in [6.07, 6.45) is 4.69. The predicted molar refractivity (Wildman–Crippen MR) is 33.9 cm³/mol. The third-order valence-corrected chi connectivity index (χ3v) is 0.933. The van der Waals surface area contributed by atoms with Crippen molar-refractivity contribution in [2.24, 2.45) is 0 Å². The maximum Gasteiger partial charge on any atom is -0.0719 e. The molecule has 0 radical (unpaired) electrons. The second kappa shape index (κ2) is 3.54. The predicted octanol–water partition coefficient (Wildman–Crippen LogP) is 2.34. The lowest BCUT2D eigenvalue weighted by Gasteiger charge is -2.06. The molecule has 0 saturated heterocycles. The summed E-state index contributed by atoms with van der Waals surface area (Å²) in [6.45, 7) is 9.27. The Morgan fingerprint density at radius 3 is 1.86 bits per heavy atom. The number of allylic oxidation sites excluding steroid dienone is 2. The Bertz CT molecular complexity index is 54.4. The first kappa shape index (κ1) is 6.35. The maximum absolute atomic E-state index is 3.59. The standard InChI is InChI=1S/C7H11/c1-4-7(5-2)6-3/h4-5H,1-2,6H2,3H3/q-1. The van der Waals surface area contributed by atoms with Crippen LogP contribution in [0.2, 0.25) is 0 Å². The lowest BCUT2D eigenvalue weighted by molar-refractivity contribution is 1.05. The van der Waals surface area contributed by atoms with Gasteiger partial charge in [-0.15, -0.1) is 0 Å². The lowest BCUT2D eigenvalue weighted by atomic mass is 10.1. The van der Waals surface area contributed by atoms with Gasteiger partial charge in [0.1, 0.15) is 0 Å². The molecule has 0 nitrogen and oxygen atoms in total. The molecule has 0 heterocycles. The van der Waals surface area contributed by atoms with Crippen molar-refractivity contribution in [1.82, 2.24) is 0 Å². The van der Waals surface area contributed by atoms with Crippen LogP contribution < -0.4 is 0 Å². The molecule has 0 aromatic rings. The summed E-state index contributed by atoms with van der Waals surface area (Å²) in [7, 11) is 0. The van der Waals surface area contributed by atoms with E-state index in [1.165, 1.54) is 5.92 Å². The van der Waals surface area contributed by atoms with E-state index in [0.717, 1.165) is 6.42 Å². The SMILES string of the molecule is C=C[C-](C=C)CC. The number of rotatable bonds is 3. The quantitative estimate of drug-likeness (QED) is 0.472. The van der Waals surface area contributed by atoms with E-state index < -0.39 is 0 Å². The molecule has 0 amide bonds. The third kappa shape index (κ3) is 2.10. The minimum atomic E-state index is 1.03. The van der Waals surface area contributed by atoms with Crippen molar-refractivity contribution < 1.29 is 0 Å². The van der Waals surface area contributed by atoms with Gasteiger partial charge < -0.3 is 0 Å². The minimum Gasteiger partial charge on any atom is -0.194 e. The molecule has 0 heteroatoms. The summed E-state index contributed by atoms with van der Waals surface area (Å²) >= 11 is 0. The van der Waals surface area contributed by atoms with Crippen LogP contribution in [-0.4, -0.2) is 0 Å². The van der Waals surface area contributed by atoms with Crippen molar-refractivity contribution in [2.75, 3.05) is 0 Å². The van der Waals surface area contributed by atoms with Gasteiger partial charge in [0.2, 0.25) is 0 Å². The Morgan fingerprint density at radius 1 is 1.43 bits per heavy atom. The van der Waals surface area contributed by atoms with Gasteiger partial charge in [-0.25, -0.2) is 0 Å². The molecule has 0 atom stereocenters. The molecule has 7 heavy (non-hydrogen) atoms. The summed E-state index contributed by atoms with van der Waals surface area (Å²) in [6, 6.07) is 0. The Balaban J connectivity index is 3.36. The lowest BCUT2D eigenvalue weighted by Crippen LogP contribution is -1.80. The fraction of sp³-hybridized carbons (Fsp3) is 0.286. The molecule has 0 spiro atoms. The van der Waals surface area contributed by atoms with E-state index in [1.807, 2.05) is 12.2 Å². The van der Waals surface area contributed by atoms with Gasteiger partial charge in [0.25, 0.3) is 0 Å². The van der Waals surface area contributed by atoms with Crippen molar-refractivity contribution in [2.45, 2.75) is 13.3 Å². The third-order valence-electron chi connectivity index (χ3n) is 0.933. The zero-order valence-electron chi connectivity index (χ0n) is 4.78. The average Bonchev–Trinajstić information content (AvgIpc) is 1.72. The van der Waals surface area contributed by atoms with Crippen molar-refractivity contribution in [3.05, 3.63) is 31.2 Å². The molecule has 40 valence electrons. The van der Waals surface area contributed by atoms with Gasteiger partial charge >= 0.3 is 0 Å². The Hall–Kier alpha value is -0.650. The van der Waals surface area contributed by atoms with Crippen LogP contribution in [0.4, 0.5) is 0 Å². The van der Waals surface area contributed by atoms with E-state index in [-0.39, 0.29) is 0 Å². The molecule has 0 rings (SSSR count). The molecule has 0 unspecified atom stereocenters. The van der Waals surface area contributed by atoms with Crippen LogP contribution in [-0.2, 0) is 0 Å². The van der Waals surface area contributed by atoms with Gasteiger partial charge in [-0.1, -0.05) is 13.3 Å². The van der Waals surface area contributed by atoms with Crippen LogP contribution in [0.15, 0.2) is 25.3 Å². The highest BCUT2D eigenvalue weighted by atomic mass is 13.9. The number of hydrogen-bond acceptors (Lipinski definition) is 0. The van der Waals surface area contributed by atoms with Gasteiger partial charge in [-0.05, 0) is 0 Å². The molecule has 0 saturated carbocycles. The highest BCUT2D eigenvalue weighted by Crippen LogP contribution is 2.05. The smallest absolute Gasteiger partial charge is 0.0719 e. The van der Waals surface area contributed by atoms with E-state index in [4.69, 9.17) is 0 Å². The summed E-state index contributed by atoms with van der Waals surface area (Å²) in [5.41, 5.74) is 0.